The number of methoxy groups -OCH3 is 1. The average molecular weight is 236 g/mol. The molecular formula is C9H16O5S. The molecule has 0 heterocycles. The number of hydrogen-bond donors (Lipinski definition) is 1. The first-order chi connectivity index (χ1) is 6.78. The van der Waals surface area contributed by atoms with Gasteiger partial charge in [0.25, 0.3) is 10.1 Å². The van der Waals surface area contributed by atoms with Gasteiger partial charge in [0.05, 0.1) is 12.9 Å². The van der Waals surface area contributed by atoms with E-state index in [0.717, 1.165) is 5.57 Å². The average Bonchev–Trinajstić information content (AvgIpc) is 2.13. The number of ether oxygens (including phenoxy) is 1. The van der Waals surface area contributed by atoms with Gasteiger partial charge in [-0.25, -0.2) is 4.79 Å². The predicted octanol–water partition coefficient (Wildman–Crippen LogP) is 1.16. The van der Waals surface area contributed by atoms with Crippen molar-refractivity contribution < 1.29 is 22.5 Å². The highest BCUT2D eigenvalue weighted by Crippen LogP contribution is 2.12. The SMILES string of the molecule is COC(=O)C(C)=C(C)CCCS(=O)(=O)O. The minimum atomic E-state index is -3.91. The quantitative estimate of drug-likeness (QED) is 0.440. The summed E-state index contributed by atoms with van der Waals surface area (Å²) >= 11 is 0. The Kier molecular flexibility index (Phi) is 5.53. The van der Waals surface area contributed by atoms with Gasteiger partial charge in [-0.15, -0.1) is 0 Å². The van der Waals surface area contributed by atoms with E-state index in [9.17, 15) is 13.2 Å². The molecule has 0 radical (unpaired) electrons. The lowest BCUT2D eigenvalue weighted by atomic mass is 10.1. The Morgan fingerprint density at radius 2 is 1.87 bits per heavy atom. The first-order valence-corrected chi connectivity index (χ1v) is 6.08. The fourth-order valence-electron chi connectivity index (χ4n) is 1.03. The van der Waals surface area contributed by atoms with Crippen LogP contribution in [0.5, 0.6) is 0 Å². The van der Waals surface area contributed by atoms with Crippen LogP contribution in [0.4, 0.5) is 0 Å². The summed E-state index contributed by atoms with van der Waals surface area (Å²) in [5.74, 6) is -0.710. The zero-order chi connectivity index (χ0) is 12.1. The maximum Gasteiger partial charge on any atom is 0.333 e. The Bertz CT molecular complexity index is 353. The molecule has 0 saturated heterocycles. The van der Waals surface area contributed by atoms with E-state index in [0.29, 0.717) is 18.4 Å². The standard InChI is InChI=1S/C9H16O5S/c1-7(8(2)9(10)14-3)5-4-6-15(11,12)13/h4-6H2,1-3H3,(H,11,12,13). The van der Waals surface area contributed by atoms with Crippen LogP contribution in [0.1, 0.15) is 26.7 Å². The molecule has 0 aliphatic heterocycles. The summed E-state index contributed by atoms with van der Waals surface area (Å²) < 4.78 is 33.8. The number of carbonyl (C=O) groups is 1. The summed E-state index contributed by atoms with van der Waals surface area (Å²) in [6.45, 7) is 3.35. The van der Waals surface area contributed by atoms with Gasteiger partial charge in [0.1, 0.15) is 0 Å². The van der Waals surface area contributed by atoms with Crippen LogP contribution in [-0.4, -0.2) is 31.8 Å². The van der Waals surface area contributed by atoms with E-state index in [1.807, 2.05) is 0 Å². The largest absolute Gasteiger partial charge is 0.466 e. The second kappa shape index (κ2) is 5.87. The van der Waals surface area contributed by atoms with Crippen molar-refractivity contribution in [2.24, 2.45) is 0 Å². The molecule has 5 nitrogen and oxygen atoms in total. The van der Waals surface area contributed by atoms with Crippen LogP contribution in [0.25, 0.3) is 0 Å². The van der Waals surface area contributed by atoms with Crippen molar-refractivity contribution in [1.29, 1.82) is 0 Å². The molecule has 15 heavy (non-hydrogen) atoms. The molecule has 0 aliphatic rings. The molecule has 0 aromatic heterocycles. The maximum atomic E-state index is 11.1. The van der Waals surface area contributed by atoms with E-state index in [2.05, 4.69) is 4.74 Å². The van der Waals surface area contributed by atoms with Gasteiger partial charge in [-0.2, -0.15) is 8.42 Å². The van der Waals surface area contributed by atoms with E-state index in [-0.39, 0.29) is 5.75 Å². The van der Waals surface area contributed by atoms with Crippen molar-refractivity contribution in [3.63, 3.8) is 0 Å². The fraction of sp³-hybridized carbons (Fsp3) is 0.667. The minimum absolute atomic E-state index is 0.291. The molecule has 0 spiro atoms. The van der Waals surface area contributed by atoms with Gasteiger partial charge in [0, 0.05) is 5.57 Å². The third-order valence-corrected chi connectivity index (χ3v) is 2.89. The first kappa shape index (κ1) is 14.1. The van der Waals surface area contributed by atoms with E-state index >= 15 is 0 Å². The summed E-state index contributed by atoms with van der Waals surface area (Å²) in [4.78, 5) is 11.1. The van der Waals surface area contributed by atoms with Gasteiger partial charge in [0.15, 0.2) is 0 Å². The van der Waals surface area contributed by atoms with Crippen LogP contribution in [0, 0.1) is 0 Å². The molecule has 0 unspecified atom stereocenters. The minimum Gasteiger partial charge on any atom is -0.466 e. The van der Waals surface area contributed by atoms with Crippen LogP contribution in [0.2, 0.25) is 0 Å². The molecule has 1 N–H and O–H groups in total. The Hall–Kier alpha value is -0.880. The molecule has 0 saturated carbocycles. The predicted molar refractivity (Wildman–Crippen MR) is 56.0 cm³/mol. The molecule has 6 heteroatoms. The summed E-state index contributed by atoms with van der Waals surface area (Å²) in [6.07, 6.45) is 0.736. The molecule has 0 amide bonds. The molecule has 88 valence electrons. The van der Waals surface area contributed by atoms with Gasteiger partial charge < -0.3 is 4.74 Å². The van der Waals surface area contributed by atoms with Crippen LogP contribution in [0.15, 0.2) is 11.1 Å². The summed E-state index contributed by atoms with van der Waals surface area (Å²) in [5, 5.41) is 0. The second-order valence-corrected chi connectivity index (χ2v) is 4.86. The Labute approximate surface area is 89.9 Å². The van der Waals surface area contributed by atoms with Crippen LogP contribution < -0.4 is 0 Å². The van der Waals surface area contributed by atoms with E-state index in [4.69, 9.17) is 4.55 Å². The first-order valence-electron chi connectivity index (χ1n) is 4.47. The number of carbonyl (C=O) groups excluding carboxylic acids is 1. The van der Waals surface area contributed by atoms with Gasteiger partial charge in [-0.1, -0.05) is 5.57 Å². The maximum absolute atomic E-state index is 11.1. The molecule has 0 aliphatic carbocycles. The van der Waals surface area contributed by atoms with E-state index < -0.39 is 16.1 Å². The Balaban J connectivity index is 4.25. The smallest absolute Gasteiger partial charge is 0.333 e. The second-order valence-electron chi connectivity index (χ2n) is 3.29. The zero-order valence-corrected chi connectivity index (χ0v) is 9.93. The van der Waals surface area contributed by atoms with Crippen molar-refractivity contribution in [3.8, 4) is 0 Å². The van der Waals surface area contributed by atoms with Crippen molar-refractivity contribution in [2.45, 2.75) is 26.7 Å². The highest BCUT2D eigenvalue weighted by Gasteiger charge is 2.09. The third kappa shape index (κ3) is 6.24. The van der Waals surface area contributed by atoms with E-state index in [1.54, 1.807) is 13.8 Å². The summed E-state index contributed by atoms with van der Waals surface area (Å²) in [5.41, 5.74) is 1.25. The summed E-state index contributed by atoms with van der Waals surface area (Å²) in [7, 11) is -2.62. The van der Waals surface area contributed by atoms with Crippen LogP contribution in [-0.2, 0) is 19.6 Å². The monoisotopic (exact) mass is 236 g/mol. The molecular weight excluding hydrogens is 220 g/mol. The Morgan fingerprint density at radius 1 is 1.33 bits per heavy atom. The molecule has 0 bridgehead atoms. The van der Waals surface area contributed by atoms with Crippen molar-refractivity contribution in [2.75, 3.05) is 12.9 Å². The number of hydrogen-bond acceptors (Lipinski definition) is 4. The van der Waals surface area contributed by atoms with Crippen LogP contribution >= 0.6 is 0 Å². The fourth-order valence-corrected chi connectivity index (χ4v) is 1.54. The molecule has 0 aromatic rings. The number of esters is 1. The highest BCUT2D eigenvalue weighted by molar-refractivity contribution is 7.85. The van der Waals surface area contributed by atoms with Crippen molar-refractivity contribution in [1.82, 2.24) is 0 Å². The lowest BCUT2D eigenvalue weighted by Crippen LogP contribution is -2.06. The molecule has 0 atom stereocenters. The lowest BCUT2D eigenvalue weighted by molar-refractivity contribution is -0.136. The van der Waals surface area contributed by atoms with Crippen LogP contribution in [0.3, 0.4) is 0 Å². The van der Waals surface area contributed by atoms with Crippen molar-refractivity contribution >= 4 is 16.1 Å². The van der Waals surface area contributed by atoms with Gasteiger partial charge in [-0.3, -0.25) is 4.55 Å². The van der Waals surface area contributed by atoms with Gasteiger partial charge in [-0.05, 0) is 26.7 Å². The van der Waals surface area contributed by atoms with Gasteiger partial charge in [0.2, 0.25) is 0 Å². The number of rotatable bonds is 5. The molecule has 0 rings (SSSR count). The molecule has 0 fully saturated rings. The van der Waals surface area contributed by atoms with Gasteiger partial charge >= 0.3 is 5.97 Å². The number of allylic oxidation sites excluding steroid dienone is 1. The normalized spacial score (nSPS) is 13.3. The highest BCUT2D eigenvalue weighted by atomic mass is 32.2. The summed E-state index contributed by atoms with van der Waals surface area (Å²) in [6, 6.07) is 0. The van der Waals surface area contributed by atoms with E-state index in [1.165, 1.54) is 7.11 Å². The Morgan fingerprint density at radius 3 is 2.27 bits per heavy atom. The van der Waals surface area contributed by atoms with Crippen molar-refractivity contribution in [3.05, 3.63) is 11.1 Å². The topological polar surface area (TPSA) is 80.7 Å². The lowest BCUT2D eigenvalue weighted by Gasteiger charge is -2.05. The molecule has 0 aromatic carbocycles. The zero-order valence-electron chi connectivity index (χ0n) is 9.11. The third-order valence-electron chi connectivity index (χ3n) is 2.09.